The molecule has 0 bridgehead atoms. The van der Waals surface area contributed by atoms with Gasteiger partial charge in [0.1, 0.15) is 0 Å². The number of carbonyl (C=O) groups is 1. The molecule has 5 nitrogen and oxygen atoms in total. The van der Waals surface area contributed by atoms with Gasteiger partial charge in [-0.05, 0) is 24.0 Å². The minimum absolute atomic E-state index is 0.0246. The monoisotopic (exact) mass is 349 g/mol. The minimum Gasteiger partial charge on any atom is -0.393 e. The molecular weight excluding hydrogens is 321 g/mol. The number of fused-ring (bicyclic) bond motifs is 1. The molecule has 3 rings (SSSR count). The molecule has 1 fully saturated rings. The SMILES string of the molecule is CC[C@@H](CNC(=O)N1CC[C@](F)(CO)C1)N1CCc2ccccc2C1. The first-order valence-corrected chi connectivity index (χ1v) is 9.18. The number of halogens is 1. The molecule has 1 aromatic carbocycles. The lowest BCUT2D eigenvalue weighted by Crippen LogP contribution is -2.49. The Balaban J connectivity index is 1.52. The number of urea groups is 1. The lowest BCUT2D eigenvalue weighted by atomic mass is 9.98. The maximum atomic E-state index is 14.1. The van der Waals surface area contributed by atoms with Gasteiger partial charge in [0.15, 0.2) is 5.67 Å². The van der Waals surface area contributed by atoms with Crippen LogP contribution >= 0.6 is 0 Å². The number of likely N-dealkylation sites (tertiary alicyclic amines) is 1. The number of hydrogen-bond acceptors (Lipinski definition) is 3. The molecule has 6 heteroatoms. The van der Waals surface area contributed by atoms with Gasteiger partial charge in [-0.1, -0.05) is 31.2 Å². The van der Waals surface area contributed by atoms with Crippen LogP contribution in [-0.4, -0.2) is 65.4 Å². The summed E-state index contributed by atoms with van der Waals surface area (Å²) in [6, 6.07) is 8.55. The molecule has 0 aliphatic carbocycles. The Kier molecular flexibility index (Phi) is 5.59. The van der Waals surface area contributed by atoms with Crippen molar-refractivity contribution in [1.29, 1.82) is 0 Å². The van der Waals surface area contributed by atoms with E-state index >= 15 is 0 Å². The summed E-state index contributed by atoms with van der Waals surface area (Å²) < 4.78 is 14.1. The molecule has 1 saturated heterocycles. The number of hydrogen-bond donors (Lipinski definition) is 2. The Hall–Kier alpha value is -1.66. The van der Waals surface area contributed by atoms with Gasteiger partial charge in [0.05, 0.1) is 13.2 Å². The van der Waals surface area contributed by atoms with Gasteiger partial charge in [0.25, 0.3) is 0 Å². The molecule has 0 radical (unpaired) electrons. The highest BCUT2D eigenvalue weighted by molar-refractivity contribution is 5.74. The average molecular weight is 349 g/mol. The molecular formula is C19H28FN3O2. The largest absolute Gasteiger partial charge is 0.393 e. The molecule has 0 aromatic heterocycles. The Morgan fingerprint density at radius 3 is 2.80 bits per heavy atom. The number of nitrogens with zero attached hydrogens (tertiary/aromatic N) is 2. The number of aliphatic hydroxyl groups excluding tert-OH is 1. The van der Waals surface area contributed by atoms with E-state index in [1.165, 1.54) is 16.0 Å². The Labute approximate surface area is 148 Å². The van der Waals surface area contributed by atoms with E-state index in [-0.39, 0.29) is 25.0 Å². The fourth-order valence-corrected chi connectivity index (χ4v) is 3.82. The van der Waals surface area contributed by atoms with Crippen LogP contribution in [0.5, 0.6) is 0 Å². The summed E-state index contributed by atoms with van der Waals surface area (Å²) >= 11 is 0. The molecule has 1 aromatic rings. The van der Waals surface area contributed by atoms with Crippen molar-refractivity contribution in [3.63, 3.8) is 0 Å². The van der Waals surface area contributed by atoms with E-state index in [1.807, 2.05) is 0 Å². The van der Waals surface area contributed by atoms with E-state index in [4.69, 9.17) is 5.11 Å². The summed E-state index contributed by atoms with van der Waals surface area (Å²) in [6.45, 7) is 4.40. The van der Waals surface area contributed by atoms with Gasteiger partial charge < -0.3 is 15.3 Å². The second-order valence-corrected chi connectivity index (χ2v) is 7.22. The van der Waals surface area contributed by atoms with Gasteiger partial charge in [0.2, 0.25) is 0 Å². The van der Waals surface area contributed by atoms with E-state index in [2.05, 4.69) is 41.4 Å². The number of carbonyl (C=O) groups excluding carboxylic acids is 1. The van der Waals surface area contributed by atoms with E-state index in [9.17, 15) is 9.18 Å². The highest BCUT2D eigenvalue weighted by Crippen LogP contribution is 2.25. The van der Waals surface area contributed by atoms with Crippen molar-refractivity contribution in [2.45, 2.75) is 44.4 Å². The summed E-state index contributed by atoms with van der Waals surface area (Å²) in [7, 11) is 0. The molecule has 0 saturated carbocycles. The number of aliphatic hydroxyl groups is 1. The van der Waals surface area contributed by atoms with E-state index in [1.54, 1.807) is 0 Å². The number of rotatable bonds is 5. The van der Waals surface area contributed by atoms with Crippen molar-refractivity contribution in [2.75, 3.05) is 32.8 Å². The van der Waals surface area contributed by atoms with Crippen molar-refractivity contribution in [2.24, 2.45) is 0 Å². The lowest BCUT2D eigenvalue weighted by molar-refractivity contribution is 0.0803. The first-order valence-electron chi connectivity index (χ1n) is 9.18. The van der Waals surface area contributed by atoms with Gasteiger partial charge >= 0.3 is 6.03 Å². The number of nitrogens with one attached hydrogen (secondary N) is 1. The van der Waals surface area contributed by atoms with Crippen LogP contribution in [0.3, 0.4) is 0 Å². The summed E-state index contributed by atoms with van der Waals surface area (Å²) in [5.41, 5.74) is 1.14. The Morgan fingerprint density at radius 2 is 2.12 bits per heavy atom. The van der Waals surface area contributed by atoms with Crippen molar-refractivity contribution in [3.8, 4) is 0 Å². The maximum absolute atomic E-state index is 14.1. The smallest absolute Gasteiger partial charge is 0.317 e. The zero-order valence-corrected chi connectivity index (χ0v) is 14.9. The predicted octanol–water partition coefficient (Wildman–Crippen LogP) is 1.94. The van der Waals surface area contributed by atoms with E-state index in [0.29, 0.717) is 13.1 Å². The Bertz CT molecular complexity index is 612. The van der Waals surface area contributed by atoms with Crippen LogP contribution in [0.4, 0.5) is 9.18 Å². The fourth-order valence-electron chi connectivity index (χ4n) is 3.82. The number of amides is 2. The normalized spacial score (nSPS) is 24.8. The quantitative estimate of drug-likeness (QED) is 0.854. The third-order valence-electron chi connectivity index (χ3n) is 5.51. The van der Waals surface area contributed by atoms with Crippen LogP contribution < -0.4 is 5.32 Å². The van der Waals surface area contributed by atoms with Gasteiger partial charge in [-0.2, -0.15) is 0 Å². The summed E-state index contributed by atoms with van der Waals surface area (Å²) in [6.07, 6.45) is 2.19. The van der Waals surface area contributed by atoms with E-state index in [0.717, 1.165) is 25.9 Å². The van der Waals surface area contributed by atoms with Gasteiger partial charge in [-0.25, -0.2) is 9.18 Å². The molecule has 25 heavy (non-hydrogen) atoms. The third kappa shape index (κ3) is 4.12. The van der Waals surface area contributed by atoms with Crippen molar-refractivity contribution in [1.82, 2.24) is 15.1 Å². The topological polar surface area (TPSA) is 55.8 Å². The summed E-state index contributed by atoms with van der Waals surface area (Å²) in [4.78, 5) is 16.2. The van der Waals surface area contributed by atoms with Crippen molar-refractivity contribution < 1.29 is 14.3 Å². The maximum Gasteiger partial charge on any atom is 0.317 e. The lowest BCUT2D eigenvalue weighted by Gasteiger charge is -2.35. The summed E-state index contributed by atoms with van der Waals surface area (Å²) in [5.74, 6) is 0. The van der Waals surface area contributed by atoms with Crippen LogP contribution in [0.2, 0.25) is 0 Å². The molecule has 2 heterocycles. The fraction of sp³-hybridized carbons (Fsp3) is 0.632. The molecule has 2 atom stereocenters. The number of benzene rings is 1. The molecule has 2 amide bonds. The second-order valence-electron chi connectivity index (χ2n) is 7.22. The van der Waals surface area contributed by atoms with Crippen LogP contribution in [0.1, 0.15) is 30.9 Å². The zero-order chi connectivity index (χ0) is 17.9. The van der Waals surface area contributed by atoms with Crippen LogP contribution in [0, 0.1) is 0 Å². The Morgan fingerprint density at radius 1 is 1.36 bits per heavy atom. The van der Waals surface area contributed by atoms with Crippen LogP contribution in [0.25, 0.3) is 0 Å². The standard InChI is InChI=1S/C19H28FN3O2/c1-2-17(22-9-7-15-5-3-4-6-16(15)12-22)11-21-18(25)23-10-8-19(20,13-23)14-24/h3-6,17,24H,2,7-14H2,1H3,(H,21,25)/t17-,19+/m0/s1. The second kappa shape index (κ2) is 7.70. The zero-order valence-electron chi connectivity index (χ0n) is 14.9. The van der Waals surface area contributed by atoms with E-state index < -0.39 is 12.3 Å². The first-order chi connectivity index (χ1) is 12.0. The number of alkyl halides is 1. The molecule has 2 aliphatic rings. The average Bonchev–Trinajstić information content (AvgIpc) is 3.05. The first kappa shape index (κ1) is 18.1. The van der Waals surface area contributed by atoms with Gasteiger partial charge in [-0.15, -0.1) is 0 Å². The minimum atomic E-state index is -1.64. The summed E-state index contributed by atoms with van der Waals surface area (Å²) in [5, 5.41) is 12.0. The van der Waals surface area contributed by atoms with Crippen LogP contribution in [0.15, 0.2) is 24.3 Å². The predicted molar refractivity (Wildman–Crippen MR) is 95.1 cm³/mol. The molecule has 138 valence electrons. The van der Waals surface area contributed by atoms with Gasteiger partial charge in [0, 0.05) is 38.6 Å². The third-order valence-corrected chi connectivity index (χ3v) is 5.51. The highest BCUT2D eigenvalue weighted by Gasteiger charge is 2.39. The van der Waals surface area contributed by atoms with Crippen molar-refractivity contribution >= 4 is 6.03 Å². The van der Waals surface area contributed by atoms with Gasteiger partial charge in [-0.3, -0.25) is 4.90 Å². The molecule has 0 unspecified atom stereocenters. The highest BCUT2D eigenvalue weighted by atomic mass is 19.1. The van der Waals surface area contributed by atoms with Crippen LogP contribution in [-0.2, 0) is 13.0 Å². The molecule has 2 N–H and O–H groups in total. The molecule has 0 spiro atoms. The van der Waals surface area contributed by atoms with Crippen molar-refractivity contribution in [3.05, 3.63) is 35.4 Å². The molecule has 2 aliphatic heterocycles.